The zero-order chi connectivity index (χ0) is 8.55. The minimum absolute atomic E-state index is 0.0398. The molecule has 0 fully saturated rings. The highest BCUT2D eigenvalue weighted by Gasteiger charge is 2.13. The zero-order valence-electron chi connectivity index (χ0n) is 6.79. The number of aryl methyl sites for hydroxylation is 1. The minimum atomic E-state index is 0.0398. The number of aromatic nitrogens is 2. The highest BCUT2D eigenvalue weighted by Crippen LogP contribution is 2.08. The Hall–Kier alpha value is -1.16. The lowest BCUT2D eigenvalue weighted by molar-refractivity contribution is 0.703. The van der Waals surface area contributed by atoms with Crippen molar-refractivity contribution < 1.29 is 0 Å². The quantitative estimate of drug-likeness (QED) is 0.618. The lowest BCUT2D eigenvalue weighted by Gasteiger charge is -2.02. The molecule has 0 aliphatic carbocycles. The molecule has 12 heavy (non-hydrogen) atoms. The van der Waals surface area contributed by atoms with E-state index in [9.17, 15) is 4.79 Å². The first-order valence-corrected chi connectivity index (χ1v) is 4.11. The molecule has 0 amide bonds. The van der Waals surface area contributed by atoms with E-state index in [1.807, 2.05) is 0 Å². The van der Waals surface area contributed by atoms with Gasteiger partial charge in [-0.3, -0.25) is 9.36 Å². The van der Waals surface area contributed by atoms with E-state index in [1.54, 1.807) is 4.57 Å². The lowest BCUT2D eigenvalue weighted by atomic mass is 10.3. The van der Waals surface area contributed by atoms with Gasteiger partial charge in [0, 0.05) is 25.6 Å². The van der Waals surface area contributed by atoms with Crippen molar-refractivity contribution in [3.8, 4) is 0 Å². The van der Waals surface area contributed by atoms with Crippen LogP contribution in [0.5, 0.6) is 0 Å². The fourth-order valence-electron chi connectivity index (χ4n) is 1.54. The molecule has 1 aliphatic rings. The van der Waals surface area contributed by atoms with Gasteiger partial charge in [-0.25, -0.2) is 4.98 Å². The zero-order valence-corrected chi connectivity index (χ0v) is 6.79. The molecule has 0 saturated carbocycles. The molecule has 0 spiro atoms. The van der Waals surface area contributed by atoms with Crippen molar-refractivity contribution >= 4 is 0 Å². The van der Waals surface area contributed by atoms with Crippen molar-refractivity contribution in [2.75, 3.05) is 0 Å². The second-order valence-corrected chi connectivity index (χ2v) is 2.96. The standard InChI is InChI=1S/C8H11N3O/c9-5-6-4-8(12)11-3-1-2-7(11)10-6/h4H,1-3,5,9H2. The van der Waals surface area contributed by atoms with E-state index in [-0.39, 0.29) is 5.56 Å². The summed E-state index contributed by atoms with van der Waals surface area (Å²) in [5.41, 5.74) is 6.14. The van der Waals surface area contributed by atoms with Crippen LogP contribution in [0.15, 0.2) is 10.9 Å². The van der Waals surface area contributed by atoms with Gasteiger partial charge in [0.15, 0.2) is 0 Å². The molecule has 4 nitrogen and oxygen atoms in total. The second kappa shape index (κ2) is 2.71. The monoisotopic (exact) mass is 165 g/mol. The Labute approximate surface area is 70.0 Å². The predicted molar refractivity (Wildman–Crippen MR) is 44.7 cm³/mol. The van der Waals surface area contributed by atoms with Crippen LogP contribution >= 0.6 is 0 Å². The summed E-state index contributed by atoms with van der Waals surface area (Å²) in [6.07, 6.45) is 1.93. The Morgan fingerprint density at radius 3 is 3.25 bits per heavy atom. The minimum Gasteiger partial charge on any atom is -0.325 e. The Kier molecular flexibility index (Phi) is 1.69. The van der Waals surface area contributed by atoms with Crippen LogP contribution in [0.2, 0.25) is 0 Å². The summed E-state index contributed by atoms with van der Waals surface area (Å²) in [6.45, 7) is 1.16. The topological polar surface area (TPSA) is 60.9 Å². The molecule has 2 N–H and O–H groups in total. The first kappa shape index (κ1) is 7.49. The Morgan fingerprint density at radius 1 is 1.67 bits per heavy atom. The number of hydrogen-bond acceptors (Lipinski definition) is 3. The molecular formula is C8H11N3O. The molecule has 0 atom stereocenters. The van der Waals surface area contributed by atoms with Gasteiger partial charge in [-0.2, -0.15) is 0 Å². The van der Waals surface area contributed by atoms with Gasteiger partial charge in [-0.05, 0) is 6.42 Å². The first-order valence-electron chi connectivity index (χ1n) is 4.11. The van der Waals surface area contributed by atoms with E-state index in [0.29, 0.717) is 12.2 Å². The van der Waals surface area contributed by atoms with Gasteiger partial charge in [0.05, 0.1) is 5.69 Å². The molecule has 1 aromatic heterocycles. The maximum Gasteiger partial charge on any atom is 0.253 e. The molecule has 0 aromatic carbocycles. The van der Waals surface area contributed by atoms with E-state index < -0.39 is 0 Å². The molecule has 4 heteroatoms. The fraction of sp³-hybridized carbons (Fsp3) is 0.500. The first-order chi connectivity index (χ1) is 5.81. The summed E-state index contributed by atoms with van der Waals surface area (Å²) in [6, 6.07) is 1.52. The summed E-state index contributed by atoms with van der Waals surface area (Å²) in [7, 11) is 0. The molecule has 2 rings (SSSR count). The molecule has 0 saturated heterocycles. The van der Waals surface area contributed by atoms with Crippen molar-refractivity contribution in [2.45, 2.75) is 25.9 Å². The third kappa shape index (κ3) is 1.04. The number of fused-ring (bicyclic) bond motifs is 1. The maximum atomic E-state index is 11.4. The van der Waals surface area contributed by atoms with Gasteiger partial charge < -0.3 is 5.73 Å². The largest absolute Gasteiger partial charge is 0.325 e. The van der Waals surface area contributed by atoms with Crippen molar-refractivity contribution in [3.63, 3.8) is 0 Å². The van der Waals surface area contributed by atoms with Crippen LogP contribution in [-0.4, -0.2) is 9.55 Å². The van der Waals surface area contributed by atoms with E-state index in [4.69, 9.17) is 5.73 Å². The van der Waals surface area contributed by atoms with E-state index >= 15 is 0 Å². The van der Waals surface area contributed by atoms with Crippen LogP contribution in [-0.2, 0) is 19.5 Å². The van der Waals surface area contributed by atoms with Gasteiger partial charge in [-0.15, -0.1) is 0 Å². The van der Waals surface area contributed by atoms with E-state index in [0.717, 1.165) is 25.2 Å². The fourth-order valence-corrected chi connectivity index (χ4v) is 1.54. The Bertz CT molecular complexity index is 356. The van der Waals surface area contributed by atoms with Crippen molar-refractivity contribution in [1.29, 1.82) is 0 Å². The predicted octanol–water partition coefficient (Wildman–Crippen LogP) is -0.352. The molecule has 1 aliphatic heterocycles. The second-order valence-electron chi connectivity index (χ2n) is 2.96. The Balaban J connectivity index is 2.59. The normalized spacial score (nSPS) is 14.8. The summed E-state index contributed by atoms with van der Waals surface area (Å²) in [5.74, 6) is 0.892. The number of nitrogens with zero attached hydrogens (tertiary/aromatic N) is 2. The van der Waals surface area contributed by atoms with Gasteiger partial charge in [-0.1, -0.05) is 0 Å². The third-order valence-electron chi connectivity index (χ3n) is 2.13. The summed E-state index contributed by atoms with van der Waals surface area (Å²) >= 11 is 0. The van der Waals surface area contributed by atoms with Crippen LogP contribution < -0.4 is 11.3 Å². The average Bonchev–Trinajstić information content (AvgIpc) is 2.52. The van der Waals surface area contributed by atoms with Crippen LogP contribution in [0.4, 0.5) is 0 Å². The van der Waals surface area contributed by atoms with Gasteiger partial charge >= 0.3 is 0 Å². The number of hydrogen-bond donors (Lipinski definition) is 1. The maximum absolute atomic E-state index is 11.4. The lowest BCUT2D eigenvalue weighted by Crippen LogP contribution is -2.21. The van der Waals surface area contributed by atoms with Gasteiger partial charge in [0.2, 0.25) is 0 Å². The van der Waals surface area contributed by atoms with E-state index in [1.165, 1.54) is 6.07 Å². The molecule has 0 bridgehead atoms. The van der Waals surface area contributed by atoms with Crippen LogP contribution in [0.1, 0.15) is 17.9 Å². The van der Waals surface area contributed by atoms with Crippen molar-refractivity contribution in [2.24, 2.45) is 5.73 Å². The SMILES string of the molecule is NCc1cc(=O)n2c(n1)CCC2. The molecule has 0 radical (unpaired) electrons. The smallest absolute Gasteiger partial charge is 0.253 e. The van der Waals surface area contributed by atoms with Crippen molar-refractivity contribution in [3.05, 3.63) is 27.9 Å². The summed E-state index contributed by atoms with van der Waals surface area (Å²) in [4.78, 5) is 15.6. The molecule has 64 valence electrons. The highest BCUT2D eigenvalue weighted by molar-refractivity contribution is 5.06. The van der Waals surface area contributed by atoms with E-state index in [2.05, 4.69) is 4.98 Å². The summed E-state index contributed by atoms with van der Waals surface area (Å²) < 4.78 is 1.72. The van der Waals surface area contributed by atoms with Gasteiger partial charge in [0.1, 0.15) is 5.82 Å². The van der Waals surface area contributed by atoms with Gasteiger partial charge in [0.25, 0.3) is 5.56 Å². The third-order valence-corrected chi connectivity index (χ3v) is 2.13. The molecule has 1 aromatic rings. The summed E-state index contributed by atoms with van der Waals surface area (Å²) in [5, 5.41) is 0. The van der Waals surface area contributed by atoms with Crippen LogP contribution in [0.3, 0.4) is 0 Å². The Morgan fingerprint density at radius 2 is 2.50 bits per heavy atom. The molecule has 0 unspecified atom stereocenters. The number of nitrogens with two attached hydrogens (primary N) is 1. The van der Waals surface area contributed by atoms with Crippen LogP contribution in [0.25, 0.3) is 0 Å². The number of rotatable bonds is 1. The molecule has 2 heterocycles. The van der Waals surface area contributed by atoms with Crippen molar-refractivity contribution in [1.82, 2.24) is 9.55 Å². The average molecular weight is 165 g/mol. The van der Waals surface area contributed by atoms with Crippen LogP contribution in [0, 0.1) is 0 Å². The highest BCUT2D eigenvalue weighted by atomic mass is 16.1. The molecular weight excluding hydrogens is 154 g/mol.